The third-order valence-electron chi connectivity index (χ3n) is 4.80. The maximum Gasteiger partial charge on any atom is 0.226 e. The standard InChI is InChI=1S/C23H23ClN2O3/c1-15-21(16(2)27)14-22(17-7-9-20(29-3)10-8-17)26(15)12-11-23(28)25-19-6-4-5-18(24)13-19/h4-10,13-14H,11-12H2,1-3H3,(H,25,28). The number of anilines is 1. The molecule has 0 fully saturated rings. The SMILES string of the molecule is COc1ccc(-c2cc(C(C)=O)c(C)n2CCC(=O)Nc2cccc(Cl)c2)cc1. The van der Waals surface area contributed by atoms with Crippen molar-refractivity contribution in [1.29, 1.82) is 0 Å². The number of methoxy groups -OCH3 is 1. The van der Waals surface area contributed by atoms with Crippen molar-refractivity contribution < 1.29 is 14.3 Å². The highest BCUT2D eigenvalue weighted by molar-refractivity contribution is 6.30. The fourth-order valence-electron chi connectivity index (χ4n) is 3.29. The van der Waals surface area contributed by atoms with Gasteiger partial charge in [-0.3, -0.25) is 9.59 Å². The Bertz CT molecular complexity index is 1040. The smallest absolute Gasteiger partial charge is 0.226 e. The summed E-state index contributed by atoms with van der Waals surface area (Å²) in [5, 5.41) is 3.42. The van der Waals surface area contributed by atoms with Crippen molar-refractivity contribution in [2.24, 2.45) is 0 Å². The van der Waals surface area contributed by atoms with Crippen LogP contribution >= 0.6 is 11.6 Å². The second-order valence-corrected chi connectivity index (χ2v) is 7.21. The first kappa shape index (κ1) is 20.7. The van der Waals surface area contributed by atoms with Crippen LogP contribution in [0.2, 0.25) is 5.02 Å². The van der Waals surface area contributed by atoms with Crippen molar-refractivity contribution in [3.05, 3.63) is 70.9 Å². The second kappa shape index (κ2) is 8.97. The summed E-state index contributed by atoms with van der Waals surface area (Å²) in [5.41, 5.74) is 4.01. The topological polar surface area (TPSA) is 60.3 Å². The van der Waals surface area contributed by atoms with Crippen molar-refractivity contribution in [1.82, 2.24) is 4.57 Å². The minimum absolute atomic E-state index is 0.000564. The lowest BCUT2D eigenvalue weighted by atomic mass is 10.1. The second-order valence-electron chi connectivity index (χ2n) is 6.77. The number of rotatable bonds is 7. The Morgan fingerprint density at radius 1 is 1.10 bits per heavy atom. The van der Waals surface area contributed by atoms with Gasteiger partial charge in [0.2, 0.25) is 5.91 Å². The first-order valence-corrected chi connectivity index (χ1v) is 9.67. The molecule has 0 unspecified atom stereocenters. The summed E-state index contributed by atoms with van der Waals surface area (Å²) in [5.74, 6) is 0.640. The van der Waals surface area contributed by atoms with E-state index in [1.54, 1.807) is 38.3 Å². The number of hydrogen-bond acceptors (Lipinski definition) is 3. The van der Waals surface area contributed by atoms with Gasteiger partial charge in [0, 0.05) is 40.6 Å². The van der Waals surface area contributed by atoms with Gasteiger partial charge in [0.05, 0.1) is 7.11 Å². The van der Waals surface area contributed by atoms with Gasteiger partial charge in [-0.15, -0.1) is 0 Å². The van der Waals surface area contributed by atoms with E-state index in [1.807, 2.05) is 41.8 Å². The van der Waals surface area contributed by atoms with Crippen LogP contribution in [0.25, 0.3) is 11.3 Å². The van der Waals surface area contributed by atoms with E-state index in [4.69, 9.17) is 16.3 Å². The van der Waals surface area contributed by atoms with Crippen LogP contribution in [0.1, 0.15) is 29.4 Å². The van der Waals surface area contributed by atoms with Gasteiger partial charge in [-0.2, -0.15) is 0 Å². The lowest BCUT2D eigenvalue weighted by Crippen LogP contribution is -2.15. The molecule has 2 aromatic carbocycles. The molecule has 1 amide bonds. The highest BCUT2D eigenvalue weighted by Gasteiger charge is 2.17. The molecule has 1 aromatic heterocycles. The lowest BCUT2D eigenvalue weighted by Gasteiger charge is -2.13. The summed E-state index contributed by atoms with van der Waals surface area (Å²) in [6.45, 7) is 3.90. The summed E-state index contributed by atoms with van der Waals surface area (Å²) in [4.78, 5) is 24.5. The lowest BCUT2D eigenvalue weighted by molar-refractivity contribution is -0.116. The molecule has 1 N–H and O–H groups in total. The first-order valence-electron chi connectivity index (χ1n) is 9.30. The molecule has 0 aliphatic carbocycles. The number of Topliss-reactive ketones (excluding diaryl/α,β-unsaturated/α-hetero) is 1. The molecule has 0 saturated heterocycles. The van der Waals surface area contributed by atoms with Gasteiger partial charge in [0.15, 0.2) is 5.78 Å². The Balaban J connectivity index is 1.83. The van der Waals surface area contributed by atoms with Crippen molar-refractivity contribution in [3.8, 4) is 17.0 Å². The fraction of sp³-hybridized carbons (Fsp3) is 0.217. The molecule has 0 spiro atoms. The van der Waals surface area contributed by atoms with Crippen LogP contribution in [0.3, 0.4) is 0 Å². The third-order valence-corrected chi connectivity index (χ3v) is 5.04. The molecule has 3 aromatic rings. The van der Waals surface area contributed by atoms with Gasteiger partial charge in [0.1, 0.15) is 5.75 Å². The average Bonchev–Trinajstić information content (AvgIpc) is 3.03. The minimum Gasteiger partial charge on any atom is -0.497 e. The van der Waals surface area contributed by atoms with Crippen LogP contribution in [-0.4, -0.2) is 23.4 Å². The summed E-state index contributed by atoms with van der Waals surface area (Å²) >= 11 is 5.97. The van der Waals surface area contributed by atoms with Crippen LogP contribution in [0, 0.1) is 6.92 Å². The van der Waals surface area contributed by atoms with Crippen LogP contribution in [0.4, 0.5) is 5.69 Å². The molecule has 6 heteroatoms. The fourth-order valence-corrected chi connectivity index (χ4v) is 3.48. The van der Waals surface area contributed by atoms with E-state index in [-0.39, 0.29) is 18.1 Å². The summed E-state index contributed by atoms with van der Waals surface area (Å²) in [6.07, 6.45) is 0.266. The van der Waals surface area contributed by atoms with Crippen molar-refractivity contribution in [2.75, 3.05) is 12.4 Å². The molecular formula is C23H23ClN2O3. The van der Waals surface area contributed by atoms with Gasteiger partial charge in [-0.1, -0.05) is 17.7 Å². The molecule has 0 bridgehead atoms. The van der Waals surface area contributed by atoms with Crippen molar-refractivity contribution in [3.63, 3.8) is 0 Å². The molecule has 0 aliphatic rings. The Morgan fingerprint density at radius 3 is 2.45 bits per heavy atom. The quantitative estimate of drug-likeness (QED) is 0.533. The van der Waals surface area contributed by atoms with Crippen LogP contribution in [0.5, 0.6) is 5.75 Å². The molecule has 29 heavy (non-hydrogen) atoms. The van der Waals surface area contributed by atoms with Gasteiger partial charge in [-0.05, 0) is 67.9 Å². The summed E-state index contributed by atoms with van der Waals surface area (Å²) < 4.78 is 7.23. The number of carbonyl (C=O) groups excluding carboxylic acids is 2. The predicted octanol–water partition coefficient (Wildman–Crippen LogP) is 5.36. The molecule has 0 aliphatic heterocycles. The highest BCUT2D eigenvalue weighted by atomic mass is 35.5. The van der Waals surface area contributed by atoms with E-state index >= 15 is 0 Å². The number of nitrogens with one attached hydrogen (secondary N) is 1. The minimum atomic E-state index is -0.120. The van der Waals surface area contributed by atoms with E-state index in [0.717, 1.165) is 22.7 Å². The summed E-state index contributed by atoms with van der Waals surface area (Å²) in [6, 6.07) is 16.6. The number of aromatic nitrogens is 1. The average molecular weight is 411 g/mol. The van der Waals surface area contributed by atoms with Gasteiger partial charge >= 0.3 is 0 Å². The number of ketones is 1. The zero-order valence-corrected chi connectivity index (χ0v) is 17.4. The number of carbonyl (C=O) groups is 2. The molecule has 150 valence electrons. The zero-order valence-electron chi connectivity index (χ0n) is 16.7. The van der Waals surface area contributed by atoms with Gasteiger partial charge in [-0.25, -0.2) is 0 Å². The number of nitrogens with zero attached hydrogens (tertiary/aromatic N) is 1. The Morgan fingerprint density at radius 2 is 1.83 bits per heavy atom. The molecular weight excluding hydrogens is 388 g/mol. The Labute approximate surface area is 175 Å². The van der Waals surface area contributed by atoms with Gasteiger partial charge < -0.3 is 14.6 Å². The van der Waals surface area contributed by atoms with E-state index < -0.39 is 0 Å². The van der Waals surface area contributed by atoms with Crippen molar-refractivity contribution >= 4 is 29.0 Å². The van der Waals surface area contributed by atoms with Crippen LogP contribution in [-0.2, 0) is 11.3 Å². The van der Waals surface area contributed by atoms with E-state index in [0.29, 0.717) is 22.8 Å². The van der Waals surface area contributed by atoms with Crippen molar-refractivity contribution in [2.45, 2.75) is 26.8 Å². The number of ether oxygens (including phenoxy) is 1. The Kier molecular flexibility index (Phi) is 6.39. The Hall–Kier alpha value is -3.05. The number of benzene rings is 2. The predicted molar refractivity (Wildman–Crippen MR) is 116 cm³/mol. The normalized spacial score (nSPS) is 10.6. The maximum absolute atomic E-state index is 12.4. The largest absolute Gasteiger partial charge is 0.497 e. The number of hydrogen-bond donors (Lipinski definition) is 1. The molecule has 0 radical (unpaired) electrons. The molecule has 0 atom stereocenters. The van der Waals surface area contributed by atoms with E-state index in [2.05, 4.69) is 5.32 Å². The number of amides is 1. The maximum atomic E-state index is 12.4. The number of halogens is 1. The van der Waals surface area contributed by atoms with Crippen LogP contribution < -0.4 is 10.1 Å². The van der Waals surface area contributed by atoms with Crippen LogP contribution in [0.15, 0.2) is 54.6 Å². The first-order chi connectivity index (χ1) is 13.9. The summed E-state index contributed by atoms with van der Waals surface area (Å²) in [7, 11) is 1.62. The molecule has 3 rings (SSSR count). The highest BCUT2D eigenvalue weighted by Crippen LogP contribution is 2.28. The molecule has 0 saturated carbocycles. The van der Waals surface area contributed by atoms with E-state index in [9.17, 15) is 9.59 Å². The third kappa shape index (κ3) is 4.87. The molecule has 5 nitrogen and oxygen atoms in total. The monoisotopic (exact) mass is 410 g/mol. The van der Waals surface area contributed by atoms with Gasteiger partial charge in [0.25, 0.3) is 0 Å². The zero-order chi connectivity index (χ0) is 21.0. The molecule has 1 heterocycles. The van der Waals surface area contributed by atoms with E-state index in [1.165, 1.54) is 0 Å².